The SMILES string of the molecule is Cc1ncc(-c2ccc(S(=O)(=O)C(C)C)cc2)nc1-c1nnc(C(=O)NCC2CCCNC2)o1. The third-order valence-corrected chi connectivity index (χ3v) is 8.00. The fraction of sp³-hybridized carbons (Fsp3) is 0.435. The van der Waals surface area contributed by atoms with Crippen molar-refractivity contribution in [2.75, 3.05) is 19.6 Å². The summed E-state index contributed by atoms with van der Waals surface area (Å²) in [6, 6.07) is 6.49. The van der Waals surface area contributed by atoms with E-state index in [1.807, 2.05) is 0 Å². The Labute approximate surface area is 198 Å². The molecule has 2 aromatic heterocycles. The van der Waals surface area contributed by atoms with Gasteiger partial charge in [-0.3, -0.25) is 9.78 Å². The Morgan fingerprint density at radius 1 is 1.24 bits per heavy atom. The van der Waals surface area contributed by atoms with E-state index in [1.165, 1.54) is 0 Å². The number of sulfone groups is 1. The second kappa shape index (κ2) is 9.98. The van der Waals surface area contributed by atoms with E-state index in [2.05, 4.69) is 30.8 Å². The normalized spacial score (nSPS) is 16.5. The minimum absolute atomic E-state index is 0.0929. The van der Waals surface area contributed by atoms with Crippen LogP contribution in [0, 0.1) is 12.8 Å². The molecule has 1 aromatic carbocycles. The number of hydrogen-bond donors (Lipinski definition) is 2. The number of nitrogens with zero attached hydrogens (tertiary/aromatic N) is 4. The minimum atomic E-state index is -3.36. The molecule has 1 atom stereocenters. The second-order valence-electron chi connectivity index (χ2n) is 8.64. The maximum Gasteiger partial charge on any atom is 0.308 e. The van der Waals surface area contributed by atoms with Gasteiger partial charge in [0, 0.05) is 12.1 Å². The van der Waals surface area contributed by atoms with Crippen LogP contribution in [-0.2, 0) is 9.84 Å². The lowest BCUT2D eigenvalue weighted by molar-refractivity contribution is 0.0910. The third kappa shape index (κ3) is 5.15. The van der Waals surface area contributed by atoms with Crippen LogP contribution in [0.1, 0.15) is 43.1 Å². The highest BCUT2D eigenvalue weighted by Crippen LogP contribution is 2.25. The van der Waals surface area contributed by atoms with E-state index in [0.717, 1.165) is 25.9 Å². The Morgan fingerprint density at radius 2 is 2.00 bits per heavy atom. The van der Waals surface area contributed by atoms with E-state index in [9.17, 15) is 13.2 Å². The molecule has 11 heteroatoms. The zero-order chi connectivity index (χ0) is 24.3. The molecule has 2 N–H and O–H groups in total. The zero-order valence-electron chi connectivity index (χ0n) is 19.4. The van der Waals surface area contributed by atoms with Crippen LogP contribution in [0.15, 0.2) is 39.8 Å². The molecular formula is C23H28N6O4S. The van der Waals surface area contributed by atoms with Crippen LogP contribution in [0.5, 0.6) is 0 Å². The van der Waals surface area contributed by atoms with Crippen LogP contribution in [0.3, 0.4) is 0 Å². The van der Waals surface area contributed by atoms with Gasteiger partial charge in [-0.2, -0.15) is 0 Å². The van der Waals surface area contributed by atoms with Gasteiger partial charge < -0.3 is 15.1 Å². The first-order valence-electron chi connectivity index (χ1n) is 11.3. The quantitative estimate of drug-likeness (QED) is 0.517. The van der Waals surface area contributed by atoms with Crippen LogP contribution in [0.2, 0.25) is 0 Å². The molecule has 0 aliphatic carbocycles. The van der Waals surface area contributed by atoms with E-state index in [0.29, 0.717) is 35.1 Å². The lowest BCUT2D eigenvalue weighted by Gasteiger charge is -2.22. The van der Waals surface area contributed by atoms with Crippen molar-refractivity contribution in [1.82, 2.24) is 30.8 Å². The number of hydrogen-bond acceptors (Lipinski definition) is 9. The predicted octanol–water partition coefficient (Wildman–Crippen LogP) is 2.41. The smallest absolute Gasteiger partial charge is 0.308 e. The van der Waals surface area contributed by atoms with Crippen molar-refractivity contribution in [2.24, 2.45) is 5.92 Å². The van der Waals surface area contributed by atoms with Gasteiger partial charge >= 0.3 is 11.8 Å². The second-order valence-corrected chi connectivity index (χ2v) is 11.1. The number of aromatic nitrogens is 4. The average Bonchev–Trinajstić information content (AvgIpc) is 3.34. The predicted molar refractivity (Wildman–Crippen MR) is 126 cm³/mol. The van der Waals surface area contributed by atoms with Crippen molar-refractivity contribution >= 4 is 15.7 Å². The van der Waals surface area contributed by atoms with E-state index < -0.39 is 21.0 Å². The van der Waals surface area contributed by atoms with Crippen LogP contribution < -0.4 is 10.6 Å². The summed E-state index contributed by atoms with van der Waals surface area (Å²) in [6.45, 7) is 7.48. The molecule has 10 nitrogen and oxygen atoms in total. The summed E-state index contributed by atoms with van der Waals surface area (Å²) in [5, 5.41) is 13.5. The van der Waals surface area contributed by atoms with Gasteiger partial charge in [-0.05, 0) is 64.8 Å². The molecule has 0 radical (unpaired) electrons. The third-order valence-electron chi connectivity index (χ3n) is 5.83. The Bertz CT molecular complexity index is 1260. The Morgan fingerprint density at radius 3 is 2.68 bits per heavy atom. The summed E-state index contributed by atoms with van der Waals surface area (Å²) in [6.07, 6.45) is 3.75. The van der Waals surface area contributed by atoms with Crippen molar-refractivity contribution in [1.29, 1.82) is 0 Å². The van der Waals surface area contributed by atoms with E-state index in [4.69, 9.17) is 4.42 Å². The zero-order valence-corrected chi connectivity index (χ0v) is 20.2. The van der Waals surface area contributed by atoms with E-state index in [-0.39, 0.29) is 16.7 Å². The number of carbonyl (C=O) groups excluding carboxylic acids is 1. The van der Waals surface area contributed by atoms with Crippen molar-refractivity contribution in [3.8, 4) is 22.8 Å². The van der Waals surface area contributed by atoms with Gasteiger partial charge in [-0.15, -0.1) is 10.2 Å². The van der Waals surface area contributed by atoms with E-state index in [1.54, 1.807) is 51.2 Å². The van der Waals surface area contributed by atoms with Crippen molar-refractivity contribution < 1.29 is 17.6 Å². The number of carbonyl (C=O) groups is 1. The van der Waals surface area contributed by atoms with Crippen molar-refractivity contribution in [3.63, 3.8) is 0 Å². The van der Waals surface area contributed by atoms with Gasteiger partial charge in [0.15, 0.2) is 9.84 Å². The van der Waals surface area contributed by atoms with Gasteiger partial charge in [-0.25, -0.2) is 13.4 Å². The number of nitrogens with one attached hydrogen (secondary N) is 2. The first-order valence-corrected chi connectivity index (χ1v) is 12.8. The summed E-state index contributed by atoms with van der Waals surface area (Å²) in [5.74, 6) is -0.0798. The van der Waals surface area contributed by atoms with Crippen molar-refractivity contribution in [3.05, 3.63) is 42.0 Å². The fourth-order valence-corrected chi connectivity index (χ4v) is 4.76. The van der Waals surface area contributed by atoms with Gasteiger partial charge in [-0.1, -0.05) is 12.1 Å². The molecule has 0 saturated carbocycles. The molecule has 1 aliphatic rings. The lowest BCUT2D eigenvalue weighted by atomic mass is 10.00. The molecule has 3 aromatic rings. The van der Waals surface area contributed by atoms with Gasteiger partial charge in [0.1, 0.15) is 5.69 Å². The van der Waals surface area contributed by atoms with Crippen LogP contribution in [0.25, 0.3) is 22.8 Å². The highest BCUT2D eigenvalue weighted by molar-refractivity contribution is 7.92. The molecule has 1 amide bonds. The highest BCUT2D eigenvalue weighted by Gasteiger charge is 2.22. The highest BCUT2D eigenvalue weighted by atomic mass is 32.2. The molecule has 4 rings (SSSR count). The lowest BCUT2D eigenvalue weighted by Crippen LogP contribution is -2.38. The minimum Gasteiger partial charge on any atom is -0.411 e. The largest absolute Gasteiger partial charge is 0.411 e. The molecular weight excluding hydrogens is 456 g/mol. The maximum absolute atomic E-state index is 12.5. The average molecular weight is 485 g/mol. The molecule has 1 aliphatic heterocycles. The standard InChI is InChI=1S/C23H28N6O4S/c1-14(2)34(31,32)18-8-6-17(7-9-18)19-13-25-15(3)20(27-19)22-28-29-23(33-22)21(30)26-12-16-5-4-10-24-11-16/h6-9,13-14,16,24H,4-5,10-12H2,1-3H3,(H,26,30). The summed E-state index contributed by atoms with van der Waals surface area (Å²) in [7, 11) is -3.36. The molecule has 180 valence electrons. The summed E-state index contributed by atoms with van der Waals surface area (Å²) < 4.78 is 30.3. The van der Waals surface area contributed by atoms with Gasteiger partial charge in [0.25, 0.3) is 5.89 Å². The molecule has 3 heterocycles. The first-order chi connectivity index (χ1) is 16.3. The number of rotatable bonds is 7. The molecule has 34 heavy (non-hydrogen) atoms. The summed E-state index contributed by atoms with van der Waals surface area (Å²) >= 11 is 0. The number of piperidine rings is 1. The molecule has 0 bridgehead atoms. The number of aryl methyl sites for hydroxylation is 1. The number of amides is 1. The van der Waals surface area contributed by atoms with Crippen molar-refractivity contribution in [2.45, 2.75) is 43.8 Å². The molecule has 1 fully saturated rings. The fourth-order valence-electron chi connectivity index (χ4n) is 3.70. The Balaban J connectivity index is 1.51. The number of benzene rings is 1. The Hall–Kier alpha value is -3.18. The van der Waals surface area contributed by atoms with Crippen LogP contribution >= 0.6 is 0 Å². The first kappa shape index (κ1) is 24.0. The Kier molecular flexibility index (Phi) is 7.03. The van der Waals surface area contributed by atoms with Gasteiger partial charge in [0.05, 0.1) is 27.7 Å². The monoisotopic (exact) mass is 484 g/mol. The van der Waals surface area contributed by atoms with Gasteiger partial charge in [0.2, 0.25) is 0 Å². The summed E-state index contributed by atoms with van der Waals surface area (Å²) in [5.41, 5.74) is 2.13. The van der Waals surface area contributed by atoms with E-state index >= 15 is 0 Å². The van der Waals surface area contributed by atoms with Crippen LogP contribution in [-0.4, -0.2) is 59.4 Å². The molecule has 0 spiro atoms. The molecule has 1 saturated heterocycles. The maximum atomic E-state index is 12.5. The topological polar surface area (TPSA) is 140 Å². The van der Waals surface area contributed by atoms with Crippen LogP contribution in [0.4, 0.5) is 0 Å². The molecule has 1 unspecified atom stereocenters. The summed E-state index contributed by atoms with van der Waals surface area (Å²) in [4.78, 5) is 21.7.